The third kappa shape index (κ3) is 3.81. The summed E-state index contributed by atoms with van der Waals surface area (Å²) in [5, 5.41) is 3.05. The van der Waals surface area contributed by atoms with Gasteiger partial charge >= 0.3 is 0 Å². The average Bonchev–Trinajstić information content (AvgIpc) is 2.69. The van der Waals surface area contributed by atoms with Crippen LogP contribution in [0.15, 0.2) is 14.3 Å². The van der Waals surface area contributed by atoms with Gasteiger partial charge in [0.2, 0.25) is 0 Å². The summed E-state index contributed by atoms with van der Waals surface area (Å²) in [6.07, 6.45) is 5.10. The number of carbonyl (C=O) groups excluding carboxylic acids is 1. The molecule has 2 nitrogen and oxygen atoms in total. The fourth-order valence-electron chi connectivity index (χ4n) is 2.32. The van der Waals surface area contributed by atoms with Crippen molar-refractivity contribution in [3.63, 3.8) is 0 Å². The van der Waals surface area contributed by atoms with Crippen LogP contribution in [-0.4, -0.2) is 12.5 Å². The number of hydrogen-bond acceptors (Lipinski definition) is 2. The Morgan fingerprint density at radius 2 is 2.06 bits per heavy atom. The van der Waals surface area contributed by atoms with Gasteiger partial charge in [0.25, 0.3) is 5.91 Å². The molecule has 1 N–H and O–H groups in total. The van der Waals surface area contributed by atoms with Gasteiger partial charge in [0.15, 0.2) is 0 Å². The Hall–Kier alpha value is 0.130. The van der Waals surface area contributed by atoms with Crippen LogP contribution in [0.4, 0.5) is 0 Å². The summed E-state index contributed by atoms with van der Waals surface area (Å²) in [5.74, 6) is 1.57. The maximum absolute atomic E-state index is 12.0. The predicted molar refractivity (Wildman–Crippen MR) is 83.2 cm³/mol. The van der Waals surface area contributed by atoms with E-state index in [0.717, 1.165) is 25.6 Å². The van der Waals surface area contributed by atoms with E-state index in [0.29, 0.717) is 5.92 Å². The Balaban J connectivity index is 1.81. The lowest BCUT2D eigenvalue weighted by Gasteiger charge is -2.26. The fraction of sp³-hybridized carbons (Fsp3) is 0.615. The Bertz CT molecular complexity index is 405. The first-order chi connectivity index (χ1) is 8.56. The number of hydrogen-bond donors (Lipinski definition) is 1. The van der Waals surface area contributed by atoms with Crippen LogP contribution in [0.1, 0.15) is 42.3 Å². The molecule has 1 aliphatic rings. The highest BCUT2D eigenvalue weighted by Gasteiger charge is 2.19. The third-order valence-electron chi connectivity index (χ3n) is 3.56. The van der Waals surface area contributed by atoms with Crippen LogP contribution in [0.5, 0.6) is 0 Å². The molecule has 0 spiro atoms. The monoisotopic (exact) mass is 393 g/mol. The van der Waals surface area contributed by atoms with Crippen LogP contribution in [-0.2, 0) is 0 Å². The molecular weight excluding hydrogens is 378 g/mol. The normalized spacial score (nSPS) is 23.9. The van der Waals surface area contributed by atoms with E-state index in [2.05, 4.69) is 44.1 Å². The molecule has 1 heterocycles. The van der Waals surface area contributed by atoms with Gasteiger partial charge in [-0.15, -0.1) is 11.3 Å². The highest BCUT2D eigenvalue weighted by Crippen LogP contribution is 2.32. The van der Waals surface area contributed by atoms with Gasteiger partial charge in [-0.05, 0) is 62.6 Å². The summed E-state index contributed by atoms with van der Waals surface area (Å²) in [6, 6.07) is 1.87. The van der Waals surface area contributed by atoms with Crippen LogP contribution in [0, 0.1) is 11.8 Å². The zero-order valence-electron chi connectivity index (χ0n) is 10.3. The SMILES string of the molecule is CC1CCC(CNC(=O)c2cc(Br)c(Br)s2)CC1. The lowest BCUT2D eigenvalue weighted by atomic mass is 9.83. The highest BCUT2D eigenvalue weighted by molar-refractivity contribution is 9.13. The molecule has 0 saturated heterocycles. The number of nitrogens with one attached hydrogen (secondary N) is 1. The minimum Gasteiger partial charge on any atom is -0.351 e. The topological polar surface area (TPSA) is 29.1 Å². The average molecular weight is 395 g/mol. The molecular formula is C13H17Br2NOS. The summed E-state index contributed by atoms with van der Waals surface area (Å²) in [7, 11) is 0. The van der Waals surface area contributed by atoms with Crippen molar-refractivity contribution in [2.45, 2.75) is 32.6 Å². The first-order valence-corrected chi connectivity index (χ1v) is 8.69. The predicted octanol–water partition coefficient (Wildman–Crippen LogP) is 4.83. The van der Waals surface area contributed by atoms with Gasteiger partial charge in [0.1, 0.15) is 0 Å². The molecule has 0 aliphatic heterocycles. The first kappa shape index (κ1) is 14.5. The van der Waals surface area contributed by atoms with Crippen molar-refractivity contribution in [2.75, 3.05) is 6.54 Å². The van der Waals surface area contributed by atoms with Crippen molar-refractivity contribution >= 4 is 49.1 Å². The standard InChI is InChI=1S/C13H17Br2NOS/c1-8-2-4-9(5-3-8)7-16-13(17)11-6-10(14)12(15)18-11/h6,8-9H,2-5,7H2,1H3,(H,16,17). The van der Waals surface area contributed by atoms with Gasteiger partial charge < -0.3 is 5.32 Å². The Morgan fingerprint density at radius 1 is 1.39 bits per heavy atom. The van der Waals surface area contributed by atoms with Crippen molar-refractivity contribution < 1.29 is 4.79 Å². The van der Waals surface area contributed by atoms with Crippen molar-refractivity contribution in [3.8, 4) is 0 Å². The van der Waals surface area contributed by atoms with Crippen molar-refractivity contribution in [2.24, 2.45) is 11.8 Å². The number of rotatable bonds is 3. The maximum atomic E-state index is 12.0. The van der Waals surface area contributed by atoms with Gasteiger partial charge in [0.05, 0.1) is 8.66 Å². The number of amides is 1. The van der Waals surface area contributed by atoms with Gasteiger partial charge in [-0.25, -0.2) is 0 Å². The molecule has 2 rings (SSSR count). The Kier molecular flexibility index (Phi) is 5.27. The molecule has 0 bridgehead atoms. The molecule has 5 heteroatoms. The van der Waals surface area contributed by atoms with Gasteiger partial charge in [-0.3, -0.25) is 4.79 Å². The second kappa shape index (κ2) is 6.53. The van der Waals surface area contributed by atoms with E-state index in [9.17, 15) is 4.79 Å². The van der Waals surface area contributed by atoms with E-state index in [-0.39, 0.29) is 5.91 Å². The van der Waals surface area contributed by atoms with Crippen LogP contribution < -0.4 is 5.32 Å². The molecule has 0 unspecified atom stereocenters. The van der Waals surface area contributed by atoms with E-state index >= 15 is 0 Å². The smallest absolute Gasteiger partial charge is 0.261 e. The molecule has 1 saturated carbocycles. The summed E-state index contributed by atoms with van der Waals surface area (Å²) in [6.45, 7) is 3.13. The zero-order chi connectivity index (χ0) is 13.1. The second-order valence-corrected chi connectivity index (χ2v) is 8.29. The van der Waals surface area contributed by atoms with Crippen molar-refractivity contribution in [1.82, 2.24) is 5.32 Å². The molecule has 1 aromatic rings. The summed E-state index contributed by atoms with van der Waals surface area (Å²) < 4.78 is 1.92. The summed E-state index contributed by atoms with van der Waals surface area (Å²) >= 11 is 8.28. The van der Waals surface area contributed by atoms with Crippen molar-refractivity contribution in [1.29, 1.82) is 0 Å². The molecule has 0 aromatic carbocycles. The third-order valence-corrected chi connectivity index (χ3v) is 6.81. The van der Waals surface area contributed by atoms with E-state index in [1.165, 1.54) is 37.0 Å². The van der Waals surface area contributed by atoms with Crippen LogP contribution in [0.25, 0.3) is 0 Å². The summed E-state index contributed by atoms with van der Waals surface area (Å²) in [4.78, 5) is 12.7. The fourth-order valence-corrected chi connectivity index (χ4v) is 4.27. The van der Waals surface area contributed by atoms with Crippen molar-refractivity contribution in [3.05, 3.63) is 19.2 Å². The van der Waals surface area contributed by atoms with E-state index in [1.54, 1.807) is 0 Å². The maximum Gasteiger partial charge on any atom is 0.261 e. The number of thiophene rings is 1. The molecule has 1 aromatic heterocycles. The molecule has 1 amide bonds. The van der Waals surface area contributed by atoms with Crippen LogP contribution >= 0.6 is 43.2 Å². The minimum absolute atomic E-state index is 0.0463. The molecule has 18 heavy (non-hydrogen) atoms. The molecule has 0 radical (unpaired) electrons. The number of halogens is 2. The van der Waals surface area contributed by atoms with Gasteiger partial charge in [-0.2, -0.15) is 0 Å². The summed E-state index contributed by atoms with van der Waals surface area (Å²) in [5.41, 5.74) is 0. The largest absolute Gasteiger partial charge is 0.351 e. The van der Waals surface area contributed by atoms with Gasteiger partial charge in [-0.1, -0.05) is 19.8 Å². The molecule has 1 fully saturated rings. The van der Waals surface area contributed by atoms with Crippen LogP contribution in [0.2, 0.25) is 0 Å². The minimum atomic E-state index is 0.0463. The molecule has 0 atom stereocenters. The quantitative estimate of drug-likeness (QED) is 0.781. The zero-order valence-corrected chi connectivity index (χ0v) is 14.3. The first-order valence-electron chi connectivity index (χ1n) is 6.29. The van der Waals surface area contributed by atoms with Crippen LogP contribution in [0.3, 0.4) is 0 Å². The molecule has 100 valence electrons. The second-order valence-electron chi connectivity index (χ2n) is 5.07. The van der Waals surface area contributed by atoms with E-state index < -0.39 is 0 Å². The highest BCUT2D eigenvalue weighted by atomic mass is 79.9. The van der Waals surface area contributed by atoms with E-state index in [4.69, 9.17) is 0 Å². The number of carbonyl (C=O) groups is 1. The lowest BCUT2D eigenvalue weighted by Crippen LogP contribution is -2.30. The Labute approximate surface area is 129 Å². The lowest BCUT2D eigenvalue weighted by molar-refractivity contribution is 0.0946. The Morgan fingerprint density at radius 3 is 2.61 bits per heavy atom. The van der Waals surface area contributed by atoms with Gasteiger partial charge in [0, 0.05) is 11.0 Å². The molecule has 1 aliphatic carbocycles. The van der Waals surface area contributed by atoms with E-state index in [1.807, 2.05) is 6.07 Å².